The maximum atomic E-state index is 12.5. The number of nitrogens with zero attached hydrogens (tertiary/aromatic N) is 2. The minimum Gasteiger partial charge on any atom is -0.337 e. The van der Waals surface area contributed by atoms with Crippen LogP contribution < -0.4 is 16.0 Å². The molecule has 0 spiro atoms. The first-order chi connectivity index (χ1) is 12.6. The second-order valence-electron chi connectivity index (χ2n) is 6.99. The van der Waals surface area contributed by atoms with Crippen LogP contribution in [0.2, 0.25) is 0 Å². The second kappa shape index (κ2) is 9.71. The smallest absolute Gasteiger partial charge is 0.315 e. The van der Waals surface area contributed by atoms with Crippen molar-refractivity contribution in [2.24, 2.45) is 0 Å². The third-order valence-corrected chi connectivity index (χ3v) is 4.96. The summed E-state index contributed by atoms with van der Waals surface area (Å²) in [6.45, 7) is 2.55. The molecule has 0 radical (unpaired) electrons. The molecule has 1 fully saturated rings. The fourth-order valence-electron chi connectivity index (χ4n) is 3.32. The fraction of sp³-hybridized carbons (Fsp3) is 0.526. The number of carbonyl (C=O) groups excluding carboxylic acids is 1. The van der Waals surface area contributed by atoms with Crippen LogP contribution in [-0.2, 0) is 18.5 Å². The zero-order valence-electron chi connectivity index (χ0n) is 15.8. The van der Waals surface area contributed by atoms with Crippen LogP contribution in [0.25, 0.3) is 0 Å². The molecular formula is C19H28ClN5O2. The van der Waals surface area contributed by atoms with Crippen LogP contribution >= 0.6 is 12.4 Å². The molecule has 3 N–H and O–H groups in total. The van der Waals surface area contributed by atoms with Crippen molar-refractivity contribution in [1.29, 1.82) is 0 Å². The summed E-state index contributed by atoms with van der Waals surface area (Å²) >= 11 is 0. The van der Waals surface area contributed by atoms with Gasteiger partial charge in [0.2, 0.25) is 0 Å². The zero-order chi connectivity index (χ0) is 18.4. The van der Waals surface area contributed by atoms with Crippen LogP contribution in [0.4, 0.5) is 4.79 Å². The van der Waals surface area contributed by atoms with Gasteiger partial charge >= 0.3 is 6.03 Å². The maximum absolute atomic E-state index is 12.5. The van der Waals surface area contributed by atoms with Gasteiger partial charge < -0.3 is 20.5 Å². The van der Waals surface area contributed by atoms with E-state index in [1.54, 1.807) is 0 Å². The molecular weight excluding hydrogens is 366 g/mol. The number of rotatable bonds is 7. The highest BCUT2D eigenvalue weighted by atomic mass is 35.5. The average Bonchev–Trinajstić information content (AvgIpc) is 3.31. The van der Waals surface area contributed by atoms with Gasteiger partial charge in [0, 0.05) is 19.0 Å². The van der Waals surface area contributed by atoms with Crippen molar-refractivity contribution in [3.05, 3.63) is 47.6 Å². The van der Waals surface area contributed by atoms with E-state index < -0.39 is 5.54 Å². The average molecular weight is 394 g/mol. The summed E-state index contributed by atoms with van der Waals surface area (Å²) < 4.78 is 5.53. The van der Waals surface area contributed by atoms with E-state index in [4.69, 9.17) is 4.52 Å². The Kier molecular flexibility index (Phi) is 7.62. The van der Waals surface area contributed by atoms with Gasteiger partial charge in [-0.15, -0.1) is 12.4 Å². The minimum absolute atomic E-state index is 0. The van der Waals surface area contributed by atoms with Crippen molar-refractivity contribution < 1.29 is 9.32 Å². The number of aromatic nitrogens is 2. The molecule has 0 saturated heterocycles. The highest BCUT2D eigenvalue weighted by Crippen LogP contribution is 2.37. The number of urea groups is 1. The highest BCUT2D eigenvalue weighted by molar-refractivity contribution is 5.85. The third kappa shape index (κ3) is 5.43. The van der Waals surface area contributed by atoms with E-state index in [0.717, 1.165) is 31.2 Å². The minimum atomic E-state index is -0.561. The molecule has 27 heavy (non-hydrogen) atoms. The SMILES string of the molecule is CNC(C)Cc1noc(C2(NC(=O)NCc3ccccc3)CCCC2)n1.Cl. The summed E-state index contributed by atoms with van der Waals surface area (Å²) in [4.78, 5) is 17.0. The van der Waals surface area contributed by atoms with E-state index >= 15 is 0 Å². The number of benzene rings is 1. The molecule has 2 aromatic rings. The quantitative estimate of drug-likeness (QED) is 0.672. The lowest BCUT2D eigenvalue weighted by Crippen LogP contribution is -2.48. The Morgan fingerprint density at radius 2 is 1.96 bits per heavy atom. The number of carbonyl (C=O) groups is 1. The predicted octanol–water partition coefficient (Wildman–Crippen LogP) is 2.91. The third-order valence-electron chi connectivity index (χ3n) is 4.96. The van der Waals surface area contributed by atoms with Gasteiger partial charge in [-0.25, -0.2) is 4.79 Å². The summed E-state index contributed by atoms with van der Waals surface area (Å²) in [6, 6.07) is 9.90. The number of hydrogen-bond acceptors (Lipinski definition) is 5. The molecule has 1 aliphatic rings. The molecule has 1 aliphatic carbocycles. The van der Waals surface area contributed by atoms with Crippen molar-refractivity contribution in [2.75, 3.05) is 7.05 Å². The van der Waals surface area contributed by atoms with Crippen molar-refractivity contribution in [1.82, 2.24) is 26.1 Å². The van der Waals surface area contributed by atoms with E-state index in [0.29, 0.717) is 24.7 Å². The molecule has 1 unspecified atom stereocenters. The Labute approximate surface area is 166 Å². The molecule has 0 aliphatic heterocycles. The number of hydrogen-bond donors (Lipinski definition) is 3. The first-order valence-electron chi connectivity index (χ1n) is 9.21. The Balaban J connectivity index is 0.00000261. The molecule has 148 valence electrons. The van der Waals surface area contributed by atoms with E-state index in [-0.39, 0.29) is 24.5 Å². The van der Waals surface area contributed by atoms with E-state index in [1.165, 1.54) is 0 Å². The van der Waals surface area contributed by atoms with Gasteiger partial charge in [0.05, 0.1) is 0 Å². The molecule has 1 aromatic carbocycles. The van der Waals surface area contributed by atoms with Crippen LogP contribution in [0.5, 0.6) is 0 Å². The largest absolute Gasteiger partial charge is 0.337 e. The molecule has 1 heterocycles. The maximum Gasteiger partial charge on any atom is 0.315 e. The summed E-state index contributed by atoms with van der Waals surface area (Å²) in [5, 5.41) is 13.3. The second-order valence-corrected chi connectivity index (χ2v) is 6.99. The highest BCUT2D eigenvalue weighted by Gasteiger charge is 2.42. The normalized spacial score (nSPS) is 16.4. The number of halogens is 1. The molecule has 7 nitrogen and oxygen atoms in total. The van der Waals surface area contributed by atoms with Crippen LogP contribution in [0, 0.1) is 0 Å². The Hall–Kier alpha value is -2.12. The monoisotopic (exact) mass is 393 g/mol. The van der Waals surface area contributed by atoms with Crippen LogP contribution in [0.3, 0.4) is 0 Å². The van der Waals surface area contributed by atoms with Crippen molar-refractivity contribution in [3.8, 4) is 0 Å². The van der Waals surface area contributed by atoms with Crippen molar-refractivity contribution in [3.63, 3.8) is 0 Å². The Morgan fingerprint density at radius 1 is 1.26 bits per heavy atom. The Morgan fingerprint density at radius 3 is 2.63 bits per heavy atom. The molecule has 1 atom stereocenters. The van der Waals surface area contributed by atoms with E-state index in [9.17, 15) is 4.79 Å². The van der Waals surface area contributed by atoms with Crippen LogP contribution in [0.1, 0.15) is 49.9 Å². The van der Waals surface area contributed by atoms with Gasteiger partial charge in [0.15, 0.2) is 5.82 Å². The summed E-state index contributed by atoms with van der Waals surface area (Å²) in [5.74, 6) is 1.18. The summed E-state index contributed by atoms with van der Waals surface area (Å²) in [7, 11) is 1.91. The van der Waals surface area contributed by atoms with E-state index in [1.807, 2.05) is 37.4 Å². The van der Waals surface area contributed by atoms with Gasteiger partial charge in [-0.1, -0.05) is 48.3 Å². The molecule has 1 aromatic heterocycles. The molecule has 8 heteroatoms. The van der Waals surface area contributed by atoms with Crippen molar-refractivity contribution >= 4 is 18.4 Å². The molecule has 0 bridgehead atoms. The molecule has 2 amide bonds. The van der Waals surface area contributed by atoms with Crippen LogP contribution in [0.15, 0.2) is 34.9 Å². The standard InChI is InChI=1S/C19H27N5O2.ClH/c1-14(20-2)12-16-22-17(26-24-16)19(10-6-7-11-19)23-18(25)21-13-15-8-4-3-5-9-15;/h3-5,8-9,14,20H,6-7,10-13H2,1-2H3,(H2,21,23,25);1H. The van der Waals surface area contributed by atoms with Crippen molar-refractivity contribution in [2.45, 2.75) is 57.2 Å². The van der Waals surface area contributed by atoms with Gasteiger partial charge in [0.1, 0.15) is 5.54 Å². The number of likely N-dealkylation sites (N-methyl/N-ethyl adjacent to an activating group) is 1. The summed E-state index contributed by atoms with van der Waals surface area (Å²) in [5.41, 5.74) is 0.499. The lowest BCUT2D eigenvalue weighted by molar-refractivity contribution is 0.204. The first-order valence-corrected chi connectivity index (χ1v) is 9.21. The van der Waals surface area contributed by atoms with E-state index in [2.05, 4.69) is 33.0 Å². The first kappa shape index (κ1) is 21.2. The van der Waals surface area contributed by atoms with Gasteiger partial charge in [0.25, 0.3) is 5.89 Å². The Bertz CT molecular complexity index is 716. The zero-order valence-corrected chi connectivity index (χ0v) is 16.6. The lowest BCUT2D eigenvalue weighted by Gasteiger charge is -2.26. The van der Waals surface area contributed by atoms with Gasteiger partial charge in [-0.2, -0.15) is 4.98 Å². The lowest BCUT2D eigenvalue weighted by atomic mass is 9.97. The topological polar surface area (TPSA) is 92.1 Å². The number of amides is 2. The molecule has 1 saturated carbocycles. The van der Waals surface area contributed by atoms with Crippen LogP contribution in [-0.4, -0.2) is 29.3 Å². The molecule has 3 rings (SSSR count). The van der Waals surface area contributed by atoms with Gasteiger partial charge in [-0.3, -0.25) is 0 Å². The summed E-state index contributed by atoms with van der Waals surface area (Å²) in [6.07, 6.45) is 4.38. The predicted molar refractivity (Wildman–Crippen MR) is 106 cm³/mol. The van der Waals surface area contributed by atoms with Gasteiger partial charge in [-0.05, 0) is 32.4 Å². The fourth-order valence-corrected chi connectivity index (χ4v) is 3.32. The number of nitrogens with one attached hydrogen (secondary N) is 3.